The maximum absolute atomic E-state index is 12.2. The van der Waals surface area contributed by atoms with Crippen LogP contribution in [0.4, 0.5) is 5.69 Å². The molecule has 2 aromatic rings. The summed E-state index contributed by atoms with van der Waals surface area (Å²) in [6, 6.07) is 8.50. The van der Waals surface area contributed by atoms with E-state index in [0.717, 1.165) is 5.56 Å². The zero-order chi connectivity index (χ0) is 14.0. The Bertz CT molecular complexity index is 695. The molecule has 5 nitrogen and oxygen atoms in total. The van der Waals surface area contributed by atoms with Gasteiger partial charge in [-0.05, 0) is 40.5 Å². The molecule has 0 aliphatic carbocycles. The molecule has 19 heavy (non-hydrogen) atoms. The molecule has 1 aromatic heterocycles. The molecule has 0 radical (unpaired) electrons. The molecule has 1 aromatic carbocycles. The van der Waals surface area contributed by atoms with Gasteiger partial charge in [-0.1, -0.05) is 12.1 Å². The van der Waals surface area contributed by atoms with Gasteiger partial charge in [-0.25, -0.2) is 8.42 Å². The van der Waals surface area contributed by atoms with Gasteiger partial charge in [-0.2, -0.15) is 0 Å². The smallest absolute Gasteiger partial charge is 0.266 e. The summed E-state index contributed by atoms with van der Waals surface area (Å²) in [4.78, 5) is 0.0365. The maximum Gasteiger partial charge on any atom is 0.266 e. The van der Waals surface area contributed by atoms with Crippen molar-refractivity contribution < 1.29 is 12.8 Å². The molecule has 102 valence electrons. The summed E-state index contributed by atoms with van der Waals surface area (Å²) in [6.45, 7) is 2.02. The molecular formula is C12H13BrN2O3S. The summed E-state index contributed by atoms with van der Waals surface area (Å²) in [6.07, 6.45) is 0. The Hall–Kier alpha value is -1.31. The minimum absolute atomic E-state index is 0.0365. The summed E-state index contributed by atoms with van der Waals surface area (Å²) in [5.74, 6) is 0.400. The summed E-state index contributed by atoms with van der Waals surface area (Å²) in [7, 11) is -3.70. The number of nitrogens with one attached hydrogen (secondary N) is 1. The predicted octanol–water partition coefficient (Wildman–Crippen LogP) is 2.61. The van der Waals surface area contributed by atoms with E-state index in [2.05, 4.69) is 20.7 Å². The third kappa shape index (κ3) is 3.17. The summed E-state index contributed by atoms with van der Waals surface area (Å²) in [5.41, 5.74) is 6.89. The van der Waals surface area contributed by atoms with E-state index in [4.69, 9.17) is 10.2 Å². The lowest BCUT2D eigenvalue weighted by Crippen LogP contribution is -2.12. The first-order valence-corrected chi connectivity index (χ1v) is 7.78. The van der Waals surface area contributed by atoms with Crippen LogP contribution in [-0.2, 0) is 16.6 Å². The van der Waals surface area contributed by atoms with Gasteiger partial charge in [0.1, 0.15) is 10.7 Å². The fourth-order valence-electron chi connectivity index (χ4n) is 1.60. The van der Waals surface area contributed by atoms with Crippen LogP contribution < -0.4 is 10.5 Å². The Morgan fingerprint density at radius 3 is 2.68 bits per heavy atom. The Morgan fingerprint density at radius 1 is 1.37 bits per heavy atom. The molecule has 7 heteroatoms. The number of halogens is 1. The largest absolute Gasteiger partial charge is 0.452 e. The van der Waals surface area contributed by atoms with E-state index in [-0.39, 0.29) is 16.1 Å². The molecular weight excluding hydrogens is 332 g/mol. The van der Waals surface area contributed by atoms with E-state index in [1.807, 2.05) is 13.0 Å². The van der Waals surface area contributed by atoms with E-state index in [1.165, 1.54) is 6.07 Å². The summed E-state index contributed by atoms with van der Waals surface area (Å²) < 4.78 is 32.3. The number of benzene rings is 1. The zero-order valence-corrected chi connectivity index (χ0v) is 12.6. The van der Waals surface area contributed by atoms with Crippen molar-refractivity contribution in [2.75, 3.05) is 4.72 Å². The van der Waals surface area contributed by atoms with Crippen LogP contribution in [0.15, 0.2) is 44.3 Å². The quantitative estimate of drug-likeness (QED) is 0.892. The molecule has 0 spiro atoms. The van der Waals surface area contributed by atoms with E-state index < -0.39 is 10.0 Å². The van der Waals surface area contributed by atoms with Gasteiger partial charge in [-0.3, -0.25) is 4.72 Å². The van der Waals surface area contributed by atoms with Crippen LogP contribution in [0, 0.1) is 6.92 Å². The standard InChI is InChI=1S/C12H13BrN2O3S/c1-8-3-2-4-9(5-8)15-19(16,17)11-6-10(7-14)18-12(11)13/h2-6,15H,7,14H2,1H3. The van der Waals surface area contributed by atoms with Crippen molar-refractivity contribution in [1.82, 2.24) is 0 Å². The Balaban J connectivity index is 2.34. The normalized spacial score (nSPS) is 11.5. The second-order valence-electron chi connectivity index (χ2n) is 4.03. The first-order valence-electron chi connectivity index (χ1n) is 5.50. The average Bonchev–Trinajstić information content (AvgIpc) is 2.71. The fourth-order valence-corrected chi connectivity index (χ4v) is 3.65. The van der Waals surface area contributed by atoms with Crippen molar-refractivity contribution in [3.8, 4) is 0 Å². The number of nitrogens with two attached hydrogens (primary N) is 1. The van der Waals surface area contributed by atoms with Crippen molar-refractivity contribution >= 4 is 31.6 Å². The number of furan rings is 1. The van der Waals surface area contributed by atoms with Crippen LogP contribution in [0.3, 0.4) is 0 Å². The third-order valence-corrected chi connectivity index (χ3v) is 4.71. The Morgan fingerprint density at radius 2 is 2.11 bits per heavy atom. The van der Waals surface area contributed by atoms with E-state index in [0.29, 0.717) is 11.4 Å². The topological polar surface area (TPSA) is 85.3 Å². The second kappa shape index (κ2) is 5.36. The highest BCUT2D eigenvalue weighted by atomic mass is 79.9. The third-order valence-electron chi connectivity index (χ3n) is 2.47. The molecule has 0 aliphatic heterocycles. The second-order valence-corrected chi connectivity index (χ2v) is 6.40. The van der Waals surface area contributed by atoms with Crippen LogP contribution in [0.1, 0.15) is 11.3 Å². The average molecular weight is 345 g/mol. The highest BCUT2D eigenvalue weighted by Gasteiger charge is 2.22. The highest BCUT2D eigenvalue weighted by Crippen LogP contribution is 2.27. The number of hydrogen-bond donors (Lipinski definition) is 2. The van der Waals surface area contributed by atoms with Gasteiger partial charge >= 0.3 is 0 Å². The molecule has 0 unspecified atom stereocenters. The zero-order valence-electron chi connectivity index (χ0n) is 10.2. The fraction of sp³-hybridized carbons (Fsp3) is 0.167. The monoisotopic (exact) mass is 344 g/mol. The van der Waals surface area contributed by atoms with E-state index in [9.17, 15) is 8.42 Å². The lowest BCUT2D eigenvalue weighted by molar-refractivity contribution is 0.484. The lowest BCUT2D eigenvalue weighted by atomic mass is 10.2. The molecule has 0 atom stereocenters. The van der Waals surface area contributed by atoms with Crippen molar-refractivity contribution in [1.29, 1.82) is 0 Å². The van der Waals surface area contributed by atoms with Crippen molar-refractivity contribution in [3.05, 3.63) is 46.3 Å². The molecule has 3 N–H and O–H groups in total. The molecule has 0 bridgehead atoms. The van der Waals surface area contributed by atoms with E-state index in [1.54, 1.807) is 18.2 Å². The minimum atomic E-state index is -3.70. The molecule has 0 amide bonds. The number of aryl methyl sites for hydroxylation is 1. The Labute approximate surface area is 120 Å². The van der Waals surface area contributed by atoms with Crippen molar-refractivity contribution in [2.45, 2.75) is 18.4 Å². The summed E-state index contributed by atoms with van der Waals surface area (Å²) in [5, 5.41) is 0. The minimum Gasteiger partial charge on any atom is -0.452 e. The lowest BCUT2D eigenvalue weighted by Gasteiger charge is -2.07. The molecule has 0 saturated heterocycles. The SMILES string of the molecule is Cc1cccc(NS(=O)(=O)c2cc(CN)oc2Br)c1. The first-order chi connectivity index (χ1) is 8.92. The van der Waals surface area contributed by atoms with Crippen LogP contribution in [-0.4, -0.2) is 8.42 Å². The van der Waals surface area contributed by atoms with Crippen molar-refractivity contribution in [2.24, 2.45) is 5.73 Å². The van der Waals surface area contributed by atoms with Gasteiger partial charge < -0.3 is 10.2 Å². The van der Waals surface area contributed by atoms with Crippen LogP contribution >= 0.6 is 15.9 Å². The molecule has 1 heterocycles. The number of anilines is 1. The number of sulfonamides is 1. The molecule has 0 aliphatic rings. The number of hydrogen-bond acceptors (Lipinski definition) is 4. The van der Waals surface area contributed by atoms with Crippen LogP contribution in [0.5, 0.6) is 0 Å². The van der Waals surface area contributed by atoms with Gasteiger partial charge in [0.25, 0.3) is 10.0 Å². The van der Waals surface area contributed by atoms with Crippen molar-refractivity contribution in [3.63, 3.8) is 0 Å². The van der Waals surface area contributed by atoms with Gasteiger partial charge in [0, 0.05) is 11.8 Å². The molecule has 0 saturated carbocycles. The van der Waals surface area contributed by atoms with Crippen LogP contribution in [0.25, 0.3) is 0 Å². The predicted molar refractivity (Wildman–Crippen MR) is 76.3 cm³/mol. The highest BCUT2D eigenvalue weighted by molar-refractivity contribution is 9.10. The molecule has 0 fully saturated rings. The summed E-state index contributed by atoms with van der Waals surface area (Å²) >= 11 is 3.08. The van der Waals surface area contributed by atoms with E-state index >= 15 is 0 Å². The maximum atomic E-state index is 12.2. The first kappa shape index (κ1) is 14.1. The van der Waals surface area contributed by atoms with Gasteiger partial charge in [0.05, 0.1) is 6.54 Å². The Kier molecular flexibility index (Phi) is 3.98. The molecule has 2 rings (SSSR count). The number of rotatable bonds is 4. The van der Waals surface area contributed by atoms with Crippen LogP contribution in [0.2, 0.25) is 0 Å². The van der Waals surface area contributed by atoms with Gasteiger partial charge in [-0.15, -0.1) is 0 Å². The van der Waals surface area contributed by atoms with Gasteiger partial charge in [0.2, 0.25) is 0 Å². The van der Waals surface area contributed by atoms with Gasteiger partial charge in [0.15, 0.2) is 4.67 Å².